The molecule has 0 aromatic heterocycles. The van der Waals surface area contributed by atoms with Crippen LogP contribution in [0, 0.1) is 5.41 Å². The Morgan fingerprint density at radius 3 is 2.50 bits per heavy atom. The summed E-state index contributed by atoms with van der Waals surface area (Å²) in [6.45, 7) is 6.33. The van der Waals surface area contributed by atoms with E-state index in [0.29, 0.717) is 23.6 Å². The van der Waals surface area contributed by atoms with Gasteiger partial charge in [-0.3, -0.25) is 9.59 Å². The minimum Gasteiger partial charge on any atom is -0.397 e. The van der Waals surface area contributed by atoms with Crippen LogP contribution in [0.4, 0.5) is 17.1 Å². The molecule has 1 aromatic rings. The first-order chi connectivity index (χ1) is 10.3. The monoisotopic (exact) mass is 306 g/mol. The van der Waals surface area contributed by atoms with E-state index in [1.165, 1.54) is 0 Å². The van der Waals surface area contributed by atoms with Crippen molar-refractivity contribution in [1.82, 2.24) is 0 Å². The third kappa shape index (κ3) is 5.27. The van der Waals surface area contributed by atoms with Crippen molar-refractivity contribution in [2.24, 2.45) is 11.1 Å². The van der Waals surface area contributed by atoms with Gasteiger partial charge in [-0.25, -0.2) is 0 Å². The summed E-state index contributed by atoms with van der Waals surface area (Å²) in [5.74, 6) is -0.392. The van der Waals surface area contributed by atoms with Gasteiger partial charge in [0.05, 0.1) is 11.4 Å². The van der Waals surface area contributed by atoms with Crippen LogP contribution in [0.2, 0.25) is 0 Å². The van der Waals surface area contributed by atoms with Gasteiger partial charge in [-0.2, -0.15) is 0 Å². The van der Waals surface area contributed by atoms with E-state index in [4.69, 9.17) is 11.5 Å². The molecule has 1 rings (SSSR count). The van der Waals surface area contributed by atoms with E-state index in [0.717, 1.165) is 12.8 Å². The molecule has 0 radical (unpaired) electrons. The summed E-state index contributed by atoms with van der Waals surface area (Å²) in [4.78, 5) is 22.9. The van der Waals surface area contributed by atoms with E-state index < -0.39 is 5.41 Å². The van der Waals surface area contributed by atoms with Crippen LogP contribution in [0.5, 0.6) is 0 Å². The first kappa shape index (κ1) is 17.8. The van der Waals surface area contributed by atoms with E-state index >= 15 is 0 Å². The number of rotatable bonds is 8. The van der Waals surface area contributed by atoms with Gasteiger partial charge < -0.3 is 22.1 Å². The van der Waals surface area contributed by atoms with Crippen LogP contribution in [0.15, 0.2) is 18.2 Å². The average molecular weight is 306 g/mol. The smallest absolute Gasteiger partial charge is 0.230 e. The topological polar surface area (TPSA) is 110 Å². The van der Waals surface area contributed by atoms with Gasteiger partial charge in [0, 0.05) is 24.1 Å². The first-order valence-electron chi connectivity index (χ1n) is 7.49. The van der Waals surface area contributed by atoms with E-state index in [2.05, 4.69) is 17.6 Å². The zero-order valence-electron chi connectivity index (χ0n) is 13.5. The number of carbonyl (C=O) groups is 2. The molecule has 6 N–H and O–H groups in total. The van der Waals surface area contributed by atoms with Crippen molar-refractivity contribution in [3.63, 3.8) is 0 Å². The Balaban J connectivity index is 2.69. The van der Waals surface area contributed by atoms with Crippen LogP contribution in [-0.2, 0) is 9.59 Å². The summed E-state index contributed by atoms with van der Waals surface area (Å²) in [5, 5.41) is 5.93. The summed E-state index contributed by atoms with van der Waals surface area (Å²) < 4.78 is 0. The summed E-state index contributed by atoms with van der Waals surface area (Å²) >= 11 is 0. The predicted octanol–water partition coefficient (Wildman–Crippen LogP) is 2.32. The molecular weight excluding hydrogens is 280 g/mol. The molecule has 0 saturated heterocycles. The molecule has 0 heterocycles. The van der Waals surface area contributed by atoms with Crippen molar-refractivity contribution in [3.05, 3.63) is 18.2 Å². The van der Waals surface area contributed by atoms with Crippen LogP contribution in [0.3, 0.4) is 0 Å². The summed E-state index contributed by atoms with van der Waals surface area (Å²) in [6, 6.07) is 5.26. The van der Waals surface area contributed by atoms with Gasteiger partial charge in [0.2, 0.25) is 11.8 Å². The number of hydrogen-bond acceptors (Lipinski definition) is 4. The molecule has 0 aliphatic heterocycles. The molecule has 1 aromatic carbocycles. The highest BCUT2D eigenvalue weighted by Crippen LogP contribution is 2.27. The molecule has 2 amide bonds. The molecule has 0 spiro atoms. The summed E-state index contributed by atoms with van der Waals surface area (Å²) in [5.41, 5.74) is 12.5. The van der Waals surface area contributed by atoms with Crippen LogP contribution in [0.25, 0.3) is 0 Å². The lowest BCUT2D eigenvalue weighted by molar-refractivity contribution is -0.124. The normalized spacial score (nSPS) is 11.0. The second-order valence-electron chi connectivity index (χ2n) is 6.03. The zero-order valence-corrected chi connectivity index (χ0v) is 13.5. The molecule has 0 saturated carbocycles. The predicted molar refractivity (Wildman–Crippen MR) is 90.5 cm³/mol. The summed E-state index contributed by atoms with van der Waals surface area (Å²) in [7, 11) is 0. The third-order valence-electron chi connectivity index (χ3n) is 3.49. The summed E-state index contributed by atoms with van der Waals surface area (Å²) in [6.07, 6.45) is 2.01. The molecule has 122 valence electrons. The second-order valence-corrected chi connectivity index (χ2v) is 6.03. The van der Waals surface area contributed by atoms with Gasteiger partial charge in [-0.15, -0.1) is 0 Å². The maximum Gasteiger partial charge on any atom is 0.230 e. The number of nitrogens with two attached hydrogens (primary N) is 2. The van der Waals surface area contributed by atoms with Crippen LogP contribution < -0.4 is 22.1 Å². The molecule has 22 heavy (non-hydrogen) atoms. The number of amides is 2. The highest BCUT2D eigenvalue weighted by Gasteiger charge is 2.26. The average Bonchev–Trinajstić information content (AvgIpc) is 2.40. The van der Waals surface area contributed by atoms with Gasteiger partial charge >= 0.3 is 0 Å². The molecule has 0 aliphatic rings. The van der Waals surface area contributed by atoms with E-state index in [1.807, 2.05) is 13.8 Å². The van der Waals surface area contributed by atoms with Crippen LogP contribution in [0.1, 0.15) is 40.0 Å². The lowest BCUT2D eigenvalue weighted by Crippen LogP contribution is -2.30. The molecule has 0 atom stereocenters. The molecule has 0 fully saturated rings. The minimum absolute atomic E-state index is 0.0248. The Hall–Kier alpha value is -2.24. The van der Waals surface area contributed by atoms with E-state index in [1.54, 1.807) is 18.2 Å². The van der Waals surface area contributed by atoms with E-state index in [-0.39, 0.29) is 18.2 Å². The van der Waals surface area contributed by atoms with Crippen molar-refractivity contribution < 1.29 is 9.59 Å². The van der Waals surface area contributed by atoms with Gasteiger partial charge in [0.25, 0.3) is 0 Å². The number of hydrogen-bond donors (Lipinski definition) is 4. The largest absolute Gasteiger partial charge is 0.397 e. The van der Waals surface area contributed by atoms with Crippen LogP contribution >= 0.6 is 0 Å². The zero-order chi connectivity index (χ0) is 16.8. The number of nitrogens with one attached hydrogen (secondary N) is 2. The molecule has 0 unspecified atom stereocenters. The fourth-order valence-electron chi connectivity index (χ4n) is 2.16. The minimum atomic E-state index is -0.415. The Morgan fingerprint density at radius 2 is 1.95 bits per heavy atom. The van der Waals surface area contributed by atoms with Crippen molar-refractivity contribution in [2.45, 2.75) is 40.0 Å². The number of anilines is 3. The third-order valence-corrected chi connectivity index (χ3v) is 3.49. The maximum absolute atomic E-state index is 12.2. The lowest BCUT2D eigenvalue weighted by atomic mass is 9.87. The van der Waals surface area contributed by atoms with Gasteiger partial charge in [-0.05, 0) is 24.6 Å². The SMILES string of the molecule is CCCC(C)(C)C(=O)Nc1ccc(NCCC(N)=O)c(N)c1. The fraction of sp³-hybridized carbons (Fsp3) is 0.500. The molecule has 0 bridgehead atoms. The number of primary amides is 1. The quantitative estimate of drug-likeness (QED) is 0.552. The van der Waals surface area contributed by atoms with Crippen molar-refractivity contribution in [3.8, 4) is 0 Å². The lowest BCUT2D eigenvalue weighted by Gasteiger charge is -2.23. The van der Waals surface area contributed by atoms with Crippen molar-refractivity contribution >= 4 is 28.9 Å². The number of nitrogen functional groups attached to an aromatic ring is 1. The highest BCUT2D eigenvalue weighted by molar-refractivity contribution is 5.95. The Bertz CT molecular complexity index is 541. The number of carbonyl (C=O) groups excluding carboxylic acids is 2. The Morgan fingerprint density at radius 1 is 1.27 bits per heavy atom. The van der Waals surface area contributed by atoms with Gasteiger partial charge in [0.1, 0.15) is 0 Å². The second kappa shape index (κ2) is 7.68. The molecule has 6 nitrogen and oxygen atoms in total. The first-order valence-corrected chi connectivity index (χ1v) is 7.49. The molecule has 0 aliphatic carbocycles. The fourth-order valence-corrected chi connectivity index (χ4v) is 2.16. The maximum atomic E-state index is 12.2. The van der Waals surface area contributed by atoms with Crippen LogP contribution in [-0.4, -0.2) is 18.4 Å². The highest BCUT2D eigenvalue weighted by atomic mass is 16.2. The van der Waals surface area contributed by atoms with Gasteiger partial charge in [0.15, 0.2) is 0 Å². The molecular formula is C16H26N4O2. The Labute approximate surface area is 131 Å². The number of benzene rings is 1. The van der Waals surface area contributed by atoms with Gasteiger partial charge in [-0.1, -0.05) is 27.2 Å². The van der Waals surface area contributed by atoms with Crippen molar-refractivity contribution in [2.75, 3.05) is 22.9 Å². The Kier molecular flexibility index (Phi) is 6.22. The molecule has 6 heteroatoms. The van der Waals surface area contributed by atoms with Crippen molar-refractivity contribution in [1.29, 1.82) is 0 Å². The van der Waals surface area contributed by atoms with E-state index in [9.17, 15) is 9.59 Å². The standard InChI is InChI=1S/C16H26N4O2/c1-4-8-16(2,3)15(22)20-11-5-6-13(12(17)10-11)19-9-7-14(18)21/h5-6,10,19H,4,7-9,17H2,1-3H3,(H2,18,21)(H,20,22).